The van der Waals surface area contributed by atoms with Crippen molar-refractivity contribution in [1.82, 2.24) is 9.29 Å². The number of hydrogen-bond donors (Lipinski definition) is 1. The van der Waals surface area contributed by atoms with E-state index in [1.165, 1.54) is 38.4 Å². The number of aryl methyl sites for hydroxylation is 2. The molecule has 0 bridgehead atoms. The van der Waals surface area contributed by atoms with Crippen LogP contribution in [0.1, 0.15) is 75.6 Å². The van der Waals surface area contributed by atoms with Crippen molar-refractivity contribution in [2.75, 3.05) is 12.9 Å². The van der Waals surface area contributed by atoms with Crippen molar-refractivity contribution < 1.29 is 13.2 Å². The van der Waals surface area contributed by atoms with Gasteiger partial charge in [-0.05, 0) is 57.4 Å². The largest absolute Gasteiger partial charge is 0.376 e. The number of nitrogens with zero attached hydrogens (tertiary/aromatic N) is 1. The highest BCUT2D eigenvalue weighted by Gasteiger charge is 2.33. The number of aromatic nitrogens is 1. The molecule has 29 heavy (non-hydrogen) atoms. The van der Waals surface area contributed by atoms with Crippen LogP contribution in [0.25, 0.3) is 0 Å². The Balaban J connectivity index is 1.71. The number of ether oxygens (including phenoxy) is 1. The van der Waals surface area contributed by atoms with Gasteiger partial charge in [0.1, 0.15) is 0 Å². The molecule has 1 aliphatic heterocycles. The summed E-state index contributed by atoms with van der Waals surface area (Å²) < 4.78 is 34.6. The molecule has 1 N–H and O–H groups in total. The van der Waals surface area contributed by atoms with Crippen LogP contribution in [-0.4, -0.2) is 38.0 Å². The van der Waals surface area contributed by atoms with Gasteiger partial charge in [0.25, 0.3) is 5.56 Å². The zero-order chi connectivity index (χ0) is 21.0. The van der Waals surface area contributed by atoms with Crippen molar-refractivity contribution >= 4 is 10.0 Å². The number of pyridine rings is 1. The summed E-state index contributed by atoms with van der Waals surface area (Å²) in [6.45, 7) is 4.41. The maximum atomic E-state index is 12.9. The van der Waals surface area contributed by atoms with E-state index >= 15 is 0 Å². The van der Waals surface area contributed by atoms with Crippen molar-refractivity contribution in [3.63, 3.8) is 0 Å². The molecule has 0 aromatic carbocycles. The van der Waals surface area contributed by atoms with E-state index < -0.39 is 10.0 Å². The van der Waals surface area contributed by atoms with E-state index in [-0.39, 0.29) is 23.7 Å². The number of nitrogens with one attached hydrogen (secondary N) is 1. The van der Waals surface area contributed by atoms with Gasteiger partial charge in [0.2, 0.25) is 10.0 Å². The van der Waals surface area contributed by atoms with Gasteiger partial charge < -0.3 is 9.30 Å². The third-order valence-corrected chi connectivity index (χ3v) is 7.26. The molecule has 0 spiro atoms. The Morgan fingerprint density at radius 1 is 1.17 bits per heavy atom. The normalized spacial score (nSPS) is 27.6. The van der Waals surface area contributed by atoms with E-state index in [9.17, 15) is 13.2 Å². The molecule has 2 aliphatic rings. The maximum Gasteiger partial charge on any atom is 0.254 e. The lowest BCUT2D eigenvalue weighted by molar-refractivity contribution is -0.00743. The third-order valence-electron chi connectivity index (χ3n) is 6.53. The van der Waals surface area contributed by atoms with Crippen LogP contribution in [0, 0.1) is 12.8 Å². The van der Waals surface area contributed by atoms with Crippen LogP contribution in [0.4, 0.5) is 0 Å². The Morgan fingerprint density at radius 3 is 2.55 bits per heavy atom. The number of rotatable bonds is 8. The minimum Gasteiger partial charge on any atom is -0.376 e. The van der Waals surface area contributed by atoms with Crippen LogP contribution in [0.3, 0.4) is 0 Å². The minimum absolute atomic E-state index is 0.0422. The second kappa shape index (κ2) is 9.75. The molecule has 0 unspecified atom stereocenters. The van der Waals surface area contributed by atoms with Gasteiger partial charge in [-0.2, -0.15) is 0 Å². The Labute approximate surface area is 175 Å². The Morgan fingerprint density at radius 2 is 1.90 bits per heavy atom. The SMILES string of the molecule is CCCCC1CCC(OC[C@H]2[C@@H](NS(C)(=O)=O)CCc3ccc(C)c(=O)n32)CC1. The highest BCUT2D eigenvalue weighted by atomic mass is 32.2. The topological polar surface area (TPSA) is 77.4 Å². The van der Waals surface area contributed by atoms with Crippen LogP contribution < -0.4 is 10.3 Å². The lowest BCUT2D eigenvalue weighted by atomic mass is 9.84. The molecule has 0 saturated heterocycles. The van der Waals surface area contributed by atoms with Gasteiger partial charge in [-0.15, -0.1) is 0 Å². The number of fused-ring (bicyclic) bond motifs is 1. The Hall–Kier alpha value is -1.18. The van der Waals surface area contributed by atoms with E-state index in [2.05, 4.69) is 11.6 Å². The average Bonchev–Trinajstić information content (AvgIpc) is 2.68. The van der Waals surface area contributed by atoms with E-state index in [1.54, 1.807) is 11.5 Å². The number of hydrogen-bond acceptors (Lipinski definition) is 4. The number of unbranched alkanes of at least 4 members (excludes halogenated alkanes) is 1. The van der Waals surface area contributed by atoms with Gasteiger partial charge in [-0.3, -0.25) is 4.79 Å². The fraction of sp³-hybridized carbons (Fsp3) is 0.773. The molecular formula is C22H36N2O4S. The molecular weight excluding hydrogens is 388 g/mol. The van der Waals surface area contributed by atoms with Crippen LogP contribution in [0.5, 0.6) is 0 Å². The quantitative estimate of drug-likeness (QED) is 0.694. The molecule has 2 atom stereocenters. The summed E-state index contributed by atoms with van der Waals surface area (Å²) >= 11 is 0. The summed E-state index contributed by atoms with van der Waals surface area (Å²) in [7, 11) is -3.36. The van der Waals surface area contributed by atoms with Crippen LogP contribution >= 0.6 is 0 Å². The first-order chi connectivity index (χ1) is 13.8. The van der Waals surface area contributed by atoms with Crippen molar-refractivity contribution in [1.29, 1.82) is 0 Å². The molecule has 164 valence electrons. The lowest BCUT2D eigenvalue weighted by Gasteiger charge is -2.37. The van der Waals surface area contributed by atoms with Crippen LogP contribution in [0.15, 0.2) is 16.9 Å². The second-order valence-corrected chi connectivity index (χ2v) is 10.7. The summed E-state index contributed by atoms with van der Waals surface area (Å²) in [4.78, 5) is 12.9. The molecule has 7 heteroatoms. The second-order valence-electron chi connectivity index (χ2n) is 8.90. The minimum atomic E-state index is -3.36. The molecule has 0 amide bonds. The first-order valence-electron chi connectivity index (χ1n) is 11.1. The predicted molar refractivity (Wildman–Crippen MR) is 116 cm³/mol. The van der Waals surface area contributed by atoms with E-state index in [4.69, 9.17) is 4.74 Å². The molecule has 3 rings (SSSR count). The molecule has 1 saturated carbocycles. The summed E-state index contributed by atoms with van der Waals surface area (Å²) in [6, 6.07) is 3.21. The lowest BCUT2D eigenvalue weighted by Crippen LogP contribution is -2.49. The van der Waals surface area contributed by atoms with E-state index in [0.717, 1.165) is 24.5 Å². The zero-order valence-corrected chi connectivity index (χ0v) is 18.8. The zero-order valence-electron chi connectivity index (χ0n) is 18.0. The smallest absolute Gasteiger partial charge is 0.254 e. The molecule has 1 aromatic heterocycles. The van der Waals surface area contributed by atoms with Gasteiger partial charge >= 0.3 is 0 Å². The molecule has 0 radical (unpaired) electrons. The summed E-state index contributed by atoms with van der Waals surface area (Å²) in [6.07, 6.45) is 11.1. The van der Waals surface area contributed by atoms with Crippen LogP contribution in [-0.2, 0) is 21.2 Å². The van der Waals surface area contributed by atoms with Crippen molar-refractivity contribution in [3.8, 4) is 0 Å². The predicted octanol–water partition coefficient (Wildman–Crippen LogP) is 3.33. The van der Waals surface area contributed by atoms with Gasteiger partial charge in [-0.25, -0.2) is 13.1 Å². The van der Waals surface area contributed by atoms with Crippen LogP contribution in [0.2, 0.25) is 0 Å². The summed E-state index contributed by atoms with van der Waals surface area (Å²) in [5.74, 6) is 0.815. The molecule has 6 nitrogen and oxygen atoms in total. The average molecular weight is 425 g/mol. The van der Waals surface area contributed by atoms with Crippen molar-refractivity contribution in [3.05, 3.63) is 33.7 Å². The van der Waals surface area contributed by atoms with Gasteiger partial charge in [-0.1, -0.05) is 32.3 Å². The fourth-order valence-electron chi connectivity index (χ4n) is 4.85. The van der Waals surface area contributed by atoms with Gasteiger partial charge in [0, 0.05) is 17.3 Å². The summed E-state index contributed by atoms with van der Waals surface area (Å²) in [5, 5.41) is 0. The van der Waals surface area contributed by atoms with E-state index in [1.807, 2.05) is 12.1 Å². The first kappa shape index (κ1) is 22.5. The highest BCUT2D eigenvalue weighted by Crippen LogP contribution is 2.31. The standard InChI is InChI=1S/C22H36N2O4S/c1-4-5-6-17-8-12-19(13-9-17)28-15-21-20(23-29(3,26)27)14-11-18-10-7-16(2)22(25)24(18)21/h7,10,17,19-21,23H,4-6,8-9,11-15H2,1-3H3/t17?,19?,20-,21-/m0/s1. The molecule has 1 fully saturated rings. The van der Waals surface area contributed by atoms with Crippen molar-refractivity contribution in [2.24, 2.45) is 5.92 Å². The monoisotopic (exact) mass is 424 g/mol. The molecule has 2 heterocycles. The number of sulfonamides is 1. The third kappa shape index (κ3) is 5.92. The van der Waals surface area contributed by atoms with Gasteiger partial charge in [0.15, 0.2) is 0 Å². The van der Waals surface area contributed by atoms with E-state index in [0.29, 0.717) is 25.0 Å². The van der Waals surface area contributed by atoms with Gasteiger partial charge in [0.05, 0.1) is 25.0 Å². The Kier molecular flexibility index (Phi) is 7.57. The highest BCUT2D eigenvalue weighted by molar-refractivity contribution is 7.88. The fourth-order valence-corrected chi connectivity index (χ4v) is 5.68. The molecule has 1 aromatic rings. The summed E-state index contributed by atoms with van der Waals surface area (Å²) in [5.41, 5.74) is 1.60. The first-order valence-corrected chi connectivity index (χ1v) is 13.0. The van der Waals surface area contributed by atoms with Crippen molar-refractivity contribution in [2.45, 2.75) is 89.8 Å². The maximum absolute atomic E-state index is 12.9. The molecule has 1 aliphatic carbocycles. The Bertz CT molecular complexity index is 841.